The normalized spacial score (nSPS) is 24.3. The summed E-state index contributed by atoms with van der Waals surface area (Å²) in [5.41, 5.74) is 0.151. The summed E-state index contributed by atoms with van der Waals surface area (Å²) in [6, 6.07) is 7.19. The van der Waals surface area contributed by atoms with Crippen LogP contribution in [0.2, 0.25) is 0 Å². The van der Waals surface area contributed by atoms with Crippen molar-refractivity contribution in [2.75, 3.05) is 39.5 Å². The van der Waals surface area contributed by atoms with Crippen molar-refractivity contribution in [2.45, 2.75) is 44.2 Å². The summed E-state index contributed by atoms with van der Waals surface area (Å²) in [6.45, 7) is 6.97. The molecule has 0 aromatic heterocycles. The lowest BCUT2D eigenvalue weighted by atomic mass is 9.76. The minimum Gasteiger partial charge on any atom is -0.447 e. The van der Waals surface area contributed by atoms with Crippen LogP contribution in [-0.4, -0.2) is 95.9 Å². The maximum Gasteiger partial charge on any atom is 0.475 e. The number of fused-ring (bicyclic) bond motifs is 1. The van der Waals surface area contributed by atoms with E-state index in [1.165, 1.54) is 24.3 Å². The van der Waals surface area contributed by atoms with E-state index in [1.807, 2.05) is 13.8 Å². The minimum atomic E-state index is -1.86. The molecule has 10 nitrogen and oxygen atoms in total. The van der Waals surface area contributed by atoms with Crippen molar-refractivity contribution in [2.24, 2.45) is 11.8 Å². The fourth-order valence-corrected chi connectivity index (χ4v) is 5.36. The highest BCUT2D eigenvalue weighted by molar-refractivity contribution is 6.43. The highest BCUT2D eigenvalue weighted by atomic mass is 19.1. The van der Waals surface area contributed by atoms with Crippen LogP contribution in [0.15, 0.2) is 35.9 Å². The second-order valence-corrected chi connectivity index (χ2v) is 10.7. The van der Waals surface area contributed by atoms with Crippen LogP contribution in [0.1, 0.15) is 25.8 Å². The number of morpholine rings is 1. The fourth-order valence-electron chi connectivity index (χ4n) is 5.36. The van der Waals surface area contributed by atoms with Gasteiger partial charge in [0.15, 0.2) is 0 Å². The van der Waals surface area contributed by atoms with Crippen molar-refractivity contribution in [3.63, 3.8) is 0 Å². The number of hydrogen-bond acceptors (Lipinski definition) is 8. The van der Waals surface area contributed by atoms with Gasteiger partial charge in [-0.1, -0.05) is 12.1 Å². The van der Waals surface area contributed by atoms with Gasteiger partial charge in [0.2, 0.25) is 0 Å². The monoisotopic (exact) mass is 528 g/mol. The molecular weight excluding hydrogens is 494 g/mol. The molecule has 3 N–H and O–H groups in total. The number of carbonyl (C=O) groups excluding carboxylic acids is 2. The first-order valence-corrected chi connectivity index (χ1v) is 12.9. The molecule has 2 amide bonds. The molecule has 3 fully saturated rings. The predicted octanol–water partition coefficient (Wildman–Crippen LogP) is 0.883. The van der Waals surface area contributed by atoms with Crippen molar-refractivity contribution in [3.8, 4) is 6.07 Å². The molecule has 0 spiro atoms. The highest BCUT2D eigenvalue weighted by Gasteiger charge is 2.54. The average Bonchev–Trinajstić information content (AvgIpc) is 3.58. The molecular formula is C26H34BFN4O6. The summed E-state index contributed by atoms with van der Waals surface area (Å²) < 4.78 is 24.0. The van der Waals surface area contributed by atoms with Gasteiger partial charge in [0.05, 0.1) is 25.2 Å². The number of carbonyl (C=O) groups is 2. The van der Waals surface area contributed by atoms with Gasteiger partial charge < -0.3 is 29.7 Å². The van der Waals surface area contributed by atoms with Crippen LogP contribution in [0, 0.1) is 29.0 Å². The number of nitrogens with one attached hydrogen (secondary N) is 1. The van der Waals surface area contributed by atoms with E-state index in [4.69, 9.17) is 9.47 Å². The molecule has 3 aliphatic rings. The fraction of sp³-hybridized carbons (Fsp3) is 0.577. The summed E-state index contributed by atoms with van der Waals surface area (Å²) >= 11 is 0. The number of nitriles is 1. The Bertz CT molecular complexity index is 1090. The molecule has 204 valence electrons. The number of alkyl carbamates (subject to hydrolysis) is 1. The molecule has 1 aliphatic carbocycles. The van der Waals surface area contributed by atoms with Gasteiger partial charge >= 0.3 is 13.2 Å². The molecule has 1 aromatic rings. The highest BCUT2D eigenvalue weighted by Crippen LogP contribution is 2.50. The third kappa shape index (κ3) is 6.71. The molecule has 1 saturated carbocycles. The molecule has 2 heterocycles. The Labute approximate surface area is 222 Å². The van der Waals surface area contributed by atoms with E-state index in [2.05, 4.69) is 16.3 Å². The van der Waals surface area contributed by atoms with Gasteiger partial charge in [0.25, 0.3) is 5.91 Å². The molecule has 12 heteroatoms. The molecule has 2 saturated heterocycles. The number of hydrogen-bond donors (Lipinski definition) is 3. The third-order valence-electron chi connectivity index (χ3n) is 7.66. The Morgan fingerprint density at radius 3 is 2.63 bits per heavy atom. The van der Waals surface area contributed by atoms with Crippen LogP contribution in [0.4, 0.5) is 9.18 Å². The van der Waals surface area contributed by atoms with Crippen molar-refractivity contribution >= 4 is 19.1 Å². The van der Waals surface area contributed by atoms with Crippen molar-refractivity contribution in [1.82, 2.24) is 15.1 Å². The van der Waals surface area contributed by atoms with E-state index in [9.17, 15) is 29.3 Å². The van der Waals surface area contributed by atoms with Crippen LogP contribution in [-0.2, 0) is 20.7 Å². The first-order valence-electron chi connectivity index (χ1n) is 12.9. The molecule has 1 aromatic carbocycles. The molecule has 4 rings (SSSR count). The summed E-state index contributed by atoms with van der Waals surface area (Å²) in [7, 11) is -1.86. The Morgan fingerprint density at radius 1 is 1.32 bits per heavy atom. The zero-order valence-corrected chi connectivity index (χ0v) is 21.7. The first-order chi connectivity index (χ1) is 18.1. The molecule has 0 bridgehead atoms. The van der Waals surface area contributed by atoms with Gasteiger partial charge in [-0.05, 0) is 62.3 Å². The second-order valence-electron chi connectivity index (χ2n) is 10.7. The van der Waals surface area contributed by atoms with Crippen LogP contribution < -0.4 is 5.32 Å². The van der Waals surface area contributed by atoms with E-state index < -0.39 is 30.5 Å². The number of rotatable bonds is 9. The Hall–Kier alpha value is -2.98. The molecule has 2 aliphatic heterocycles. The van der Waals surface area contributed by atoms with Crippen LogP contribution in [0.25, 0.3) is 0 Å². The number of halogens is 1. The summed E-state index contributed by atoms with van der Waals surface area (Å²) in [4.78, 5) is 29.7. The zero-order chi connectivity index (χ0) is 27.4. The summed E-state index contributed by atoms with van der Waals surface area (Å²) in [6.07, 6.45) is 1.83. The molecule has 38 heavy (non-hydrogen) atoms. The summed E-state index contributed by atoms with van der Waals surface area (Å²) in [5.74, 6) is -1.37. The van der Waals surface area contributed by atoms with Gasteiger partial charge in [-0.2, -0.15) is 5.26 Å². The van der Waals surface area contributed by atoms with Gasteiger partial charge in [-0.25, -0.2) is 9.18 Å². The number of benzene rings is 1. The number of nitrogens with zero attached hydrogens (tertiary/aromatic N) is 3. The largest absolute Gasteiger partial charge is 0.475 e. The number of likely N-dealkylation sites (tertiary alicyclic amines) is 1. The molecule has 0 unspecified atom stereocenters. The van der Waals surface area contributed by atoms with Crippen molar-refractivity contribution in [1.29, 1.82) is 5.26 Å². The van der Waals surface area contributed by atoms with Gasteiger partial charge in [0.1, 0.15) is 24.1 Å². The second kappa shape index (κ2) is 11.8. The quantitative estimate of drug-likeness (QED) is 0.244. The van der Waals surface area contributed by atoms with Crippen molar-refractivity contribution in [3.05, 3.63) is 47.3 Å². The van der Waals surface area contributed by atoms with E-state index in [0.717, 1.165) is 6.42 Å². The van der Waals surface area contributed by atoms with Crippen LogP contribution >= 0.6 is 0 Å². The zero-order valence-electron chi connectivity index (χ0n) is 21.7. The van der Waals surface area contributed by atoms with Gasteiger partial charge in [-0.15, -0.1) is 0 Å². The van der Waals surface area contributed by atoms with Gasteiger partial charge in [-0.3, -0.25) is 9.69 Å². The molecule has 4 atom stereocenters. The lowest BCUT2D eigenvalue weighted by molar-refractivity contribution is -0.129. The average molecular weight is 528 g/mol. The third-order valence-corrected chi connectivity index (χ3v) is 7.66. The van der Waals surface area contributed by atoms with Gasteiger partial charge in [0, 0.05) is 25.2 Å². The Balaban J connectivity index is 1.36. The van der Waals surface area contributed by atoms with Crippen LogP contribution in [0.5, 0.6) is 0 Å². The maximum absolute atomic E-state index is 13.4. The van der Waals surface area contributed by atoms with E-state index >= 15 is 0 Å². The minimum absolute atomic E-state index is 0.0556. The number of ether oxygens (including phenoxy) is 2. The SMILES string of the molecule is CC(C)(C=C(C#N)C(=O)N1C[C@@H]2C[C@@H]2[C@@H]1COC(=O)N[C@@H](Cc1ccc(F)cc1)B(O)O)N1CCOCC1. The van der Waals surface area contributed by atoms with E-state index in [1.54, 1.807) is 11.0 Å². The smallest absolute Gasteiger partial charge is 0.447 e. The first kappa shape index (κ1) is 28.0. The Kier molecular flexibility index (Phi) is 8.73. The summed E-state index contributed by atoms with van der Waals surface area (Å²) in [5, 5.41) is 31.7. The topological polar surface area (TPSA) is 135 Å². The lowest BCUT2D eigenvalue weighted by Gasteiger charge is -2.39. The van der Waals surface area contributed by atoms with E-state index in [0.29, 0.717) is 44.3 Å². The number of amides is 2. The standard InChI is InChI=1S/C26H34BFN4O6/c1-26(2,31-7-9-37-10-8-31)13-19(14-29)24(33)32-15-18-12-21(18)22(32)16-38-25(34)30-23(27(35)36)11-17-3-5-20(28)6-4-17/h3-6,13,18,21-23,35-36H,7-12,15-16H2,1-2H3,(H,30,34)/t18-,21-,22-,23-/m0/s1. The van der Waals surface area contributed by atoms with Crippen molar-refractivity contribution < 1.29 is 33.5 Å². The maximum atomic E-state index is 13.4. The predicted molar refractivity (Wildman–Crippen MR) is 136 cm³/mol. The Morgan fingerprint density at radius 2 is 2.00 bits per heavy atom. The number of piperidine rings is 1. The lowest BCUT2D eigenvalue weighted by Crippen LogP contribution is -2.50. The molecule has 0 radical (unpaired) electrons. The van der Waals surface area contributed by atoms with E-state index in [-0.39, 0.29) is 36.5 Å². The van der Waals surface area contributed by atoms with Crippen LogP contribution in [0.3, 0.4) is 0 Å².